The molecule has 3 N–H and O–H groups in total. The zero-order valence-electron chi connectivity index (χ0n) is 12.9. The summed E-state index contributed by atoms with van der Waals surface area (Å²) in [4.78, 5) is 11.8. The number of nitrogens with one attached hydrogen (secondary N) is 1. The summed E-state index contributed by atoms with van der Waals surface area (Å²) in [5, 5.41) is 2.69. The summed E-state index contributed by atoms with van der Waals surface area (Å²) in [5.41, 5.74) is 4.62. The van der Waals surface area contributed by atoms with Crippen molar-refractivity contribution in [2.24, 2.45) is 11.7 Å². The number of hydrogen-bond acceptors (Lipinski definition) is 4. The fraction of sp³-hybridized carbons (Fsp3) is 0.500. The van der Waals surface area contributed by atoms with Crippen LogP contribution in [0.4, 0.5) is 4.39 Å². The molecule has 1 aromatic carbocycles. The van der Waals surface area contributed by atoms with Gasteiger partial charge < -0.3 is 11.1 Å². The van der Waals surface area contributed by atoms with E-state index in [1.807, 2.05) is 13.8 Å². The zero-order chi connectivity index (χ0) is 17.3. The molecule has 22 heavy (non-hydrogen) atoms. The van der Waals surface area contributed by atoms with Gasteiger partial charge in [0.05, 0.1) is 11.1 Å². The van der Waals surface area contributed by atoms with E-state index in [9.17, 15) is 17.6 Å². The Labute approximate surface area is 138 Å². The average molecular weight is 395 g/mol. The van der Waals surface area contributed by atoms with E-state index in [0.29, 0.717) is 4.47 Å². The number of carbonyl (C=O) groups excluding carboxylic acids is 1. The fourth-order valence-corrected chi connectivity index (χ4v) is 3.14. The van der Waals surface area contributed by atoms with E-state index in [1.54, 1.807) is 6.92 Å². The van der Waals surface area contributed by atoms with Crippen molar-refractivity contribution < 1.29 is 17.6 Å². The van der Waals surface area contributed by atoms with Crippen molar-refractivity contribution in [3.05, 3.63) is 28.0 Å². The summed E-state index contributed by atoms with van der Waals surface area (Å²) >= 11 is 3.10. The molecule has 1 aromatic rings. The van der Waals surface area contributed by atoms with Gasteiger partial charge in [-0.25, -0.2) is 12.8 Å². The van der Waals surface area contributed by atoms with E-state index >= 15 is 0 Å². The number of carbonyl (C=O) groups is 1. The molecule has 1 amide bonds. The summed E-state index contributed by atoms with van der Waals surface area (Å²) in [5.74, 6) is -1.75. The predicted molar refractivity (Wildman–Crippen MR) is 87.0 cm³/mol. The van der Waals surface area contributed by atoms with Gasteiger partial charge in [0, 0.05) is 17.3 Å². The van der Waals surface area contributed by atoms with Crippen LogP contribution in [0.15, 0.2) is 21.5 Å². The molecule has 1 unspecified atom stereocenters. The molecule has 5 nitrogen and oxygen atoms in total. The Morgan fingerprint density at radius 3 is 2.41 bits per heavy atom. The molecule has 0 aromatic heterocycles. The van der Waals surface area contributed by atoms with Crippen LogP contribution in [-0.2, 0) is 9.84 Å². The Morgan fingerprint density at radius 2 is 2.00 bits per heavy atom. The minimum Gasteiger partial charge on any atom is -0.345 e. The average Bonchev–Trinajstić information content (AvgIpc) is 2.39. The highest BCUT2D eigenvalue weighted by atomic mass is 79.9. The number of halogens is 2. The van der Waals surface area contributed by atoms with Crippen molar-refractivity contribution in [1.29, 1.82) is 0 Å². The smallest absolute Gasteiger partial charge is 0.254 e. The Hall–Kier alpha value is -0.990. The number of amides is 1. The minimum absolute atomic E-state index is 0.0195. The Kier molecular flexibility index (Phi) is 5.75. The topological polar surface area (TPSA) is 89.3 Å². The van der Waals surface area contributed by atoms with Gasteiger partial charge in [0.1, 0.15) is 4.90 Å². The molecule has 8 heteroatoms. The maximum atomic E-state index is 14.4. The third-order valence-corrected chi connectivity index (χ3v) is 5.30. The van der Waals surface area contributed by atoms with Crippen molar-refractivity contribution in [2.75, 3.05) is 12.8 Å². The second-order valence-corrected chi connectivity index (χ2v) is 8.67. The highest BCUT2D eigenvalue weighted by molar-refractivity contribution is 9.10. The van der Waals surface area contributed by atoms with Gasteiger partial charge >= 0.3 is 0 Å². The van der Waals surface area contributed by atoms with Crippen LogP contribution in [-0.4, -0.2) is 32.7 Å². The lowest BCUT2D eigenvalue weighted by atomic mass is 9.88. The van der Waals surface area contributed by atoms with E-state index in [2.05, 4.69) is 21.2 Å². The van der Waals surface area contributed by atoms with E-state index in [1.165, 1.54) is 6.07 Å². The van der Waals surface area contributed by atoms with E-state index < -0.39 is 32.0 Å². The Morgan fingerprint density at radius 1 is 1.45 bits per heavy atom. The molecule has 124 valence electrons. The first-order valence-electron chi connectivity index (χ1n) is 6.64. The molecule has 0 spiro atoms. The van der Waals surface area contributed by atoms with E-state index in [4.69, 9.17) is 5.73 Å². The summed E-state index contributed by atoms with van der Waals surface area (Å²) < 4.78 is 37.9. The van der Waals surface area contributed by atoms with Gasteiger partial charge in [-0.3, -0.25) is 4.79 Å². The molecule has 0 saturated carbocycles. The van der Waals surface area contributed by atoms with Gasteiger partial charge in [-0.15, -0.1) is 0 Å². The number of rotatable bonds is 5. The fourth-order valence-electron chi connectivity index (χ4n) is 1.76. The van der Waals surface area contributed by atoms with E-state index in [-0.39, 0.29) is 18.0 Å². The van der Waals surface area contributed by atoms with Crippen molar-refractivity contribution >= 4 is 31.7 Å². The monoisotopic (exact) mass is 394 g/mol. The molecule has 0 bridgehead atoms. The van der Waals surface area contributed by atoms with Crippen LogP contribution in [0.2, 0.25) is 0 Å². The number of hydrogen-bond donors (Lipinski definition) is 2. The Bertz CT molecular complexity index is 692. The zero-order valence-corrected chi connectivity index (χ0v) is 15.3. The first-order chi connectivity index (χ1) is 9.92. The molecular weight excluding hydrogens is 375 g/mol. The van der Waals surface area contributed by atoms with Crippen LogP contribution in [0.5, 0.6) is 0 Å². The van der Waals surface area contributed by atoms with Gasteiger partial charge in [0.15, 0.2) is 15.7 Å². The first-order valence-corrected chi connectivity index (χ1v) is 9.32. The molecule has 0 aliphatic carbocycles. The molecule has 1 rings (SSSR count). The number of benzene rings is 1. The summed E-state index contributed by atoms with van der Waals surface area (Å²) in [6.45, 7) is 5.69. The summed E-state index contributed by atoms with van der Waals surface area (Å²) in [6, 6.07) is 2.38. The van der Waals surface area contributed by atoms with Gasteiger partial charge in [0.2, 0.25) is 0 Å². The van der Waals surface area contributed by atoms with Crippen molar-refractivity contribution in [1.82, 2.24) is 5.32 Å². The minimum atomic E-state index is -3.79. The molecule has 0 radical (unpaired) electrons. The normalized spacial score (nSPS) is 14.7. The second kappa shape index (κ2) is 6.64. The molecule has 0 aliphatic rings. The third-order valence-electron chi connectivity index (χ3n) is 3.75. The SMILES string of the molecule is CC(C)C(C)(CN)NC(=O)c1cc(Br)cc(S(C)(=O)=O)c1F. The van der Waals surface area contributed by atoms with E-state index in [0.717, 1.165) is 12.3 Å². The maximum absolute atomic E-state index is 14.4. The van der Waals surface area contributed by atoms with Crippen LogP contribution in [0, 0.1) is 11.7 Å². The van der Waals surface area contributed by atoms with Crippen LogP contribution < -0.4 is 11.1 Å². The number of sulfone groups is 1. The van der Waals surface area contributed by atoms with Crippen LogP contribution in [0.1, 0.15) is 31.1 Å². The number of nitrogens with two attached hydrogens (primary N) is 1. The second-order valence-electron chi connectivity index (χ2n) is 5.77. The summed E-state index contributed by atoms with van der Waals surface area (Å²) in [6.07, 6.45) is 0.887. The largest absolute Gasteiger partial charge is 0.345 e. The molecule has 0 fully saturated rings. The molecule has 1 atom stereocenters. The van der Waals surface area contributed by atoms with Gasteiger partial charge in [0.25, 0.3) is 5.91 Å². The lowest BCUT2D eigenvalue weighted by Crippen LogP contribution is -2.55. The van der Waals surface area contributed by atoms with Gasteiger partial charge in [-0.2, -0.15) is 0 Å². The van der Waals surface area contributed by atoms with Crippen LogP contribution in [0.25, 0.3) is 0 Å². The lowest BCUT2D eigenvalue weighted by Gasteiger charge is -2.33. The van der Waals surface area contributed by atoms with Crippen molar-refractivity contribution in [3.8, 4) is 0 Å². The molecular formula is C14H20BrFN2O3S. The third kappa shape index (κ3) is 4.05. The van der Waals surface area contributed by atoms with Crippen molar-refractivity contribution in [3.63, 3.8) is 0 Å². The highest BCUT2D eigenvalue weighted by Gasteiger charge is 2.31. The lowest BCUT2D eigenvalue weighted by molar-refractivity contribution is 0.0878. The van der Waals surface area contributed by atoms with Crippen molar-refractivity contribution in [2.45, 2.75) is 31.2 Å². The van der Waals surface area contributed by atoms with Gasteiger partial charge in [-0.05, 0) is 25.0 Å². The maximum Gasteiger partial charge on any atom is 0.254 e. The Balaban J connectivity index is 3.34. The van der Waals surface area contributed by atoms with Crippen LogP contribution >= 0.6 is 15.9 Å². The molecule has 0 aliphatic heterocycles. The first kappa shape index (κ1) is 19.1. The summed E-state index contributed by atoms with van der Waals surface area (Å²) in [7, 11) is -3.79. The van der Waals surface area contributed by atoms with Gasteiger partial charge in [-0.1, -0.05) is 29.8 Å². The predicted octanol–water partition coefficient (Wildman–Crippen LogP) is 2.09. The molecule has 0 saturated heterocycles. The standard InChI is InChI=1S/C14H20BrFN2O3S/c1-8(2)14(3,7-17)18-13(19)10-5-9(15)6-11(12(10)16)22(4,20)21/h5-6,8H,7,17H2,1-4H3,(H,18,19). The quantitative estimate of drug-likeness (QED) is 0.799. The highest BCUT2D eigenvalue weighted by Crippen LogP contribution is 2.25. The van der Waals surface area contributed by atoms with Crippen LogP contribution in [0.3, 0.4) is 0 Å². The molecule has 0 heterocycles.